The van der Waals surface area contributed by atoms with Gasteiger partial charge in [-0.15, -0.1) is 0 Å². The van der Waals surface area contributed by atoms with Gasteiger partial charge in [0.2, 0.25) is 0 Å². The molecule has 0 bridgehead atoms. The number of hydrogen-bond acceptors (Lipinski definition) is 4. The first-order chi connectivity index (χ1) is 15.2. The highest BCUT2D eigenvalue weighted by atomic mass is 19.1. The highest BCUT2D eigenvalue weighted by Crippen LogP contribution is 2.27. The van der Waals surface area contributed by atoms with Crippen LogP contribution >= 0.6 is 0 Å². The molecule has 1 aliphatic heterocycles. The average molecular weight is 445 g/mol. The van der Waals surface area contributed by atoms with Crippen molar-refractivity contribution in [3.05, 3.63) is 65.5 Å². The lowest BCUT2D eigenvalue weighted by atomic mass is 9.91. The van der Waals surface area contributed by atoms with Gasteiger partial charge in [0, 0.05) is 19.3 Å². The lowest BCUT2D eigenvalue weighted by Gasteiger charge is -2.43. The molecule has 6 nitrogen and oxygen atoms in total. The smallest absolute Gasteiger partial charge is 0.405 e. The number of anilines is 1. The number of halogens is 1. The van der Waals surface area contributed by atoms with Gasteiger partial charge >= 0.3 is 6.09 Å². The quantitative estimate of drug-likeness (QED) is 0.591. The summed E-state index contributed by atoms with van der Waals surface area (Å²) in [5, 5.41) is 11.9. The lowest BCUT2D eigenvalue weighted by Crippen LogP contribution is -2.61. The molecule has 0 aliphatic carbocycles. The number of nitrogens with one attached hydrogen (secondary N) is 1. The van der Waals surface area contributed by atoms with Crippen molar-refractivity contribution in [2.24, 2.45) is 0 Å². The molecule has 2 aromatic rings. The molecular formula is C25H33FN2O4. The van der Waals surface area contributed by atoms with Gasteiger partial charge in [0.1, 0.15) is 5.82 Å². The van der Waals surface area contributed by atoms with Crippen LogP contribution in [0.15, 0.2) is 48.5 Å². The van der Waals surface area contributed by atoms with Crippen molar-refractivity contribution in [2.45, 2.75) is 50.9 Å². The monoisotopic (exact) mass is 444 g/mol. The van der Waals surface area contributed by atoms with E-state index in [0.717, 1.165) is 37.1 Å². The molecule has 1 heterocycles. The van der Waals surface area contributed by atoms with Gasteiger partial charge < -0.3 is 24.8 Å². The molecule has 3 rings (SSSR count). The maximum absolute atomic E-state index is 13.1. The van der Waals surface area contributed by atoms with Gasteiger partial charge in [0.05, 0.1) is 18.8 Å². The molecule has 2 N–H and O–H groups in total. The van der Waals surface area contributed by atoms with Crippen molar-refractivity contribution >= 4 is 11.8 Å². The second-order valence-electron chi connectivity index (χ2n) is 9.01. The third kappa shape index (κ3) is 6.93. The zero-order chi connectivity index (χ0) is 23.2. The number of hydrogen-bond donors (Lipinski definition) is 2. The van der Waals surface area contributed by atoms with E-state index in [9.17, 15) is 14.3 Å². The van der Waals surface area contributed by atoms with E-state index in [4.69, 9.17) is 9.47 Å². The van der Waals surface area contributed by atoms with Crippen molar-refractivity contribution in [3.63, 3.8) is 0 Å². The van der Waals surface area contributed by atoms with Gasteiger partial charge in [0.25, 0.3) is 0 Å². The predicted octanol–water partition coefficient (Wildman–Crippen LogP) is 4.62. The number of amides is 1. The highest BCUT2D eigenvalue weighted by Gasteiger charge is 2.41. The maximum atomic E-state index is 13.1. The van der Waals surface area contributed by atoms with Crippen molar-refractivity contribution in [1.29, 1.82) is 0 Å². The largest absolute Gasteiger partial charge is 0.465 e. The molecule has 174 valence electrons. The van der Waals surface area contributed by atoms with Gasteiger partial charge in [-0.25, -0.2) is 9.18 Å². The molecule has 1 saturated heterocycles. The summed E-state index contributed by atoms with van der Waals surface area (Å²) >= 11 is 0. The van der Waals surface area contributed by atoms with Crippen LogP contribution < -0.4 is 10.2 Å². The molecular weight excluding hydrogens is 411 g/mol. The normalized spacial score (nSPS) is 17.0. The topological polar surface area (TPSA) is 71.0 Å². The molecule has 0 radical (unpaired) electrons. The molecule has 0 atom stereocenters. The lowest BCUT2D eigenvalue weighted by molar-refractivity contribution is -0.271. The summed E-state index contributed by atoms with van der Waals surface area (Å²) in [5.74, 6) is -0.921. The standard InChI is InChI=1S/C25H33FN2O4/c1-24(2)31-17-25(18-32-24,27-23(29)30)15-14-20-8-6-19(7-9-20)5-4-16-28(3)22-12-10-21(26)11-13-22/h6-13,27H,4-5,14-18H2,1-3H3,(H,29,30). The first-order valence-corrected chi connectivity index (χ1v) is 11.0. The molecule has 0 aromatic heterocycles. The van der Waals surface area contributed by atoms with Crippen LogP contribution in [0, 0.1) is 5.82 Å². The molecule has 1 aliphatic rings. The Morgan fingerprint density at radius 3 is 2.16 bits per heavy atom. The highest BCUT2D eigenvalue weighted by molar-refractivity contribution is 5.65. The molecule has 0 unspecified atom stereocenters. The van der Waals surface area contributed by atoms with E-state index >= 15 is 0 Å². The van der Waals surface area contributed by atoms with E-state index < -0.39 is 17.4 Å². The van der Waals surface area contributed by atoms with E-state index in [1.54, 1.807) is 12.1 Å². The number of benzene rings is 2. The van der Waals surface area contributed by atoms with E-state index in [1.165, 1.54) is 17.7 Å². The average Bonchev–Trinajstić information content (AvgIpc) is 2.75. The number of aryl methyl sites for hydroxylation is 2. The van der Waals surface area contributed by atoms with Crippen LogP contribution in [0.2, 0.25) is 0 Å². The summed E-state index contributed by atoms with van der Waals surface area (Å²) < 4.78 is 24.5. The number of carboxylic acid groups (broad SMARTS) is 1. The van der Waals surface area contributed by atoms with Crippen LogP contribution in [0.4, 0.5) is 14.9 Å². The van der Waals surface area contributed by atoms with Crippen molar-refractivity contribution in [1.82, 2.24) is 5.32 Å². The minimum atomic E-state index is -1.07. The maximum Gasteiger partial charge on any atom is 0.405 e. The Kier molecular flexibility index (Phi) is 7.74. The minimum Gasteiger partial charge on any atom is -0.465 e. The Hall–Kier alpha value is -2.64. The Bertz CT molecular complexity index is 874. The summed E-state index contributed by atoms with van der Waals surface area (Å²) in [4.78, 5) is 13.4. The van der Waals surface area contributed by atoms with Crippen molar-refractivity contribution in [2.75, 3.05) is 31.7 Å². The van der Waals surface area contributed by atoms with E-state index in [-0.39, 0.29) is 19.0 Å². The zero-order valence-corrected chi connectivity index (χ0v) is 19.1. The Labute approximate surface area is 189 Å². The van der Waals surface area contributed by atoms with Crippen LogP contribution in [0.5, 0.6) is 0 Å². The van der Waals surface area contributed by atoms with Crippen molar-refractivity contribution in [3.8, 4) is 0 Å². The summed E-state index contributed by atoms with van der Waals surface area (Å²) in [7, 11) is 2.01. The fourth-order valence-electron chi connectivity index (χ4n) is 3.81. The number of rotatable bonds is 9. The molecule has 1 fully saturated rings. The molecule has 2 aromatic carbocycles. The molecule has 32 heavy (non-hydrogen) atoms. The summed E-state index contributed by atoms with van der Waals surface area (Å²) in [5.41, 5.74) is 2.66. The summed E-state index contributed by atoms with van der Waals surface area (Å²) in [6, 6.07) is 15.0. The van der Waals surface area contributed by atoms with Crippen LogP contribution in [-0.4, -0.2) is 49.3 Å². The van der Waals surface area contributed by atoms with Gasteiger partial charge in [-0.1, -0.05) is 24.3 Å². The Morgan fingerprint density at radius 1 is 1.03 bits per heavy atom. The molecule has 7 heteroatoms. The van der Waals surface area contributed by atoms with Gasteiger partial charge in [0.15, 0.2) is 5.79 Å². The number of ether oxygens (including phenoxy) is 2. The first-order valence-electron chi connectivity index (χ1n) is 11.0. The van der Waals surface area contributed by atoms with Gasteiger partial charge in [-0.2, -0.15) is 0 Å². The zero-order valence-electron chi connectivity index (χ0n) is 19.1. The second-order valence-corrected chi connectivity index (χ2v) is 9.01. The second kappa shape index (κ2) is 10.3. The third-order valence-electron chi connectivity index (χ3n) is 5.91. The fourth-order valence-corrected chi connectivity index (χ4v) is 3.81. The van der Waals surface area contributed by atoms with E-state index in [1.807, 2.05) is 20.9 Å². The Morgan fingerprint density at radius 2 is 1.59 bits per heavy atom. The van der Waals surface area contributed by atoms with Crippen LogP contribution in [0.25, 0.3) is 0 Å². The van der Waals surface area contributed by atoms with E-state index in [2.05, 4.69) is 34.5 Å². The summed E-state index contributed by atoms with van der Waals surface area (Å²) in [6.45, 7) is 5.10. The molecule has 1 amide bonds. The minimum absolute atomic E-state index is 0.223. The van der Waals surface area contributed by atoms with E-state index in [0.29, 0.717) is 6.42 Å². The Balaban J connectivity index is 1.48. The molecule has 0 saturated carbocycles. The van der Waals surface area contributed by atoms with Gasteiger partial charge in [-0.05, 0) is 74.9 Å². The predicted molar refractivity (Wildman–Crippen MR) is 123 cm³/mol. The molecule has 0 spiro atoms. The number of carbonyl (C=O) groups is 1. The van der Waals surface area contributed by atoms with Gasteiger partial charge in [-0.3, -0.25) is 0 Å². The third-order valence-corrected chi connectivity index (χ3v) is 5.91. The van der Waals surface area contributed by atoms with Crippen LogP contribution in [0.1, 0.15) is 37.8 Å². The SMILES string of the molecule is CN(CCCc1ccc(CCC2(NC(=O)O)COC(C)(C)OC2)cc1)c1ccc(F)cc1. The summed E-state index contributed by atoms with van der Waals surface area (Å²) in [6.07, 6.45) is 2.19. The van der Waals surface area contributed by atoms with Crippen molar-refractivity contribution < 1.29 is 23.8 Å². The fraction of sp³-hybridized carbons (Fsp3) is 0.480. The number of nitrogens with zero attached hydrogens (tertiary/aromatic N) is 1. The van der Waals surface area contributed by atoms with Crippen LogP contribution in [0.3, 0.4) is 0 Å². The van der Waals surface area contributed by atoms with Crippen LogP contribution in [-0.2, 0) is 22.3 Å². The first kappa shape index (κ1) is 24.0.